The van der Waals surface area contributed by atoms with Crippen LogP contribution in [0.25, 0.3) is 0 Å². The summed E-state index contributed by atoms with van der Waals surface area (Å²) < 4.78 is 4.82. The predicted molar refractivity (Wildman–Crippen MR) is 64.1 cm³/mol. The second-order valence-electron chi connectivity index (χ2n) is 3.73. The van der Waals surface area contributed by atoms with E-state index in [1.807, 2.05) is 0 Å². The first-order chi connectivity index (χ1) is 8.51. The van der Waals surface area contributed by atoms with Gasteiger partial charge in [-0.1, -0.05) is 11.2 Å². The summed E-state index contributed by atoms with van der Waals surface area (Å²) in [7, 11) is 0. The number of hydrogen-bond donors (Lipinski definition) is 2. The number of rotatable bonds is 7. The fourth-order valence-corrected chi connectivity index (χ4v) is 1.36. The number of carboxylic acid groups (broad SMARTS) is 1. The zero-order valence-corrected chi connectivity index (χ0v) is 10.0. The molecule has 0 bridgehead atoms. The van der Waals surface area contributed by atoms with E-state index in [1.54, 1.807) is 13.0 Å². The highest BCUT2D eigenvalue weighted by molar-refractivity contribution is 5.91. The fourth-order valence-electron chi connectivity index (χ4n) is 1.36. The largest absolute Gasteiger partial charge is 0.480 e. The molecule has 7 heteroatoms. The average Bonchev–Trinajstić information content (AvgIpc) is 2.62. The first-order valence-electron chi connectivity index (χ1n) is 5.29. The van der Waals surface area contributed by atoms with Gasteiger partial charge in [-0.25, -0.2) is 0 Å². The Labute approximate surface area is 104 Å². The molecule has 0 aliphatic carbocycles. The molecule has 0 atom stereocenters. The molecule has 7 nitrogen and oxygen atoms in total. The predicted octanol–water partition coefficient (Wildman–Crippen LogP) is 0.494. The van der Waals surface area contributed by atoms with Crippen molar-refractivity contribution in [1.82, 2.24) is 10.1 Å². The van der Waals surface area contributed by atoms with Gasteiger partial charge in [0.25, 0.3) is 0 Å². The van der Waals surface area contributed by atoms with Crippen molar-refractivity contribution < 1.29 is 19.2 Å². The lowest BCUT2D eigenvalue weighted by molar-refractivity contribution is -0.138. The van der Waals surface area contributed by atoms with Crippen molar-refractivity contribution in [2.75, 3.05) is 25.0 Å². The quantitative estimate of drug-likeness (QED) is 0.687. The lowest BCUT2D eigenvalue weighted by Gasteiger charge is -2.16. The van der Waals surface area contributed by atoms with Crippen LogP contribution in [0.15, 0.2) is 23.2 Å². The van der Waals surface area contributed by atoms with Gasteiger partial charge < -0.3 is 9.63 Å². The van der Waals surface area contributed by atoms with E-state index >= 15 is 0 Å². The van der Waals surface area contributed by atoms with Crippen LogP contribution in [-0.4, -0.2) is 46.7 Å². The van der Waals surface area contributed by atoms with E-state index in [0.29, 0.717) is 12.2 Å². The van der Waals surface area contributed by atoms with Crippen LogP contribution in [0.1, 0.15) is 5.69 Å². The molecule has 2 N–H and O–H groups in total. The first kappa shape index (κ1) is 13.9. The summed E-state index contributed by atoms with van der Waals surface area (Å²) in [5.74, 6) is -1.12. The number of aliphatic carboxylic acids is 1. The smallest absolute Gasteiger partial charge is 0.317 e. The lowest BCUT2D eigenvalue weighted by Crippen LogP contribution is -2.36. The van der Waals surface area contributed by atoms with Crippen molar-refractivity contribution in [3.8, 4) is 0 Å². The van der Waals surface area contributed by atoms with Crippen molar-refractivity contribution in [1.29, 1.82) is 0 Å². The second kappa shape index (κ2) is 6.55. The molecule has 0 saturated carbocycles. The van der Waals surface area contributed by atoms with Crippen LogP contribution in [0.5, 0.6) is 0 Å². The van der Waals surface area contributed by atoms with Gasteiger partial charge in [0.15, 0.2) is 0 Å². The molecule has 1 aromatic rings. The van der Waals surface area contributed by atoms with Gasteiger partial charge in [0, 0.05) is 12.6 Å². The van der Waals surface area contributed by atoms with Crippen LogP contribution in [0, 0.1) is 6.92 Å². The number of hydrogen-bond acceptors (Lipinski definition) is 5. The van der Waals surface area contributed by atoms with E-state index in [-0.39, 0.29) is 24.9 Å². The minimum absolute atomic E-state index is 0.0575. The minimum Gasteiger partial charge on any atom is -0.480 e. The number of nitrogens with zero attached hydrogens (tertiary/aromatic N) is 2. The van der Waals surface area contributed by atoms with Gasteiger partial charge in [-0.2, -0.15) is 0 Å². The summed E-state index contributed by atoms with van der Waals surface area (Å²) in [6.45, 7) is 5.27. The molecule has 1 amide bonds. The Kier molecular flexibility index (Phi) is 5.06. The maximum atomic E-state index is 11.6. The third-order valence-electron chi connectivity index (χ3n) is 2.00. The maximum absolute atomic E-state index is 11.6. The molecule has 0 aliphatic rings. The number of anilines is 1. The standard InChI is InChI=1S/C11H15N3O4/c1-3-4-14(7-11(16)17)6-9(15)12-10-5-8(2)13-18-10/h3,5H,1,4,6-7H2,2H3,(H,12,15)(H,16,17). The molecule has 1 heterocycles. The van der Waals surface area contributed by atoms with Gasteiger partial charge in [-0.05, 0) is 6.92 Å². The van der Waals surface area contributed by atoms with Crippen LogP contribution < -0.4 is 5.32 Å². The normalized spacial score (nSPS) is 10.3. The Bertz CT molecular complexity index is 441. The van der Waals surface area contributed by atoms with E-state index in [9.17, 15) is 9.59 Å². The van der Waals surface area contributed by atoms with E-state index in [2.05, 4.69) is 17.1 Å². The molecule has 0 saturated heterocycles. The van der Waals surface area contributed by atoms with E-state index < -0.39 is 5.97 Å². The first-order valence-corrected chi connectivity index (χ1v) is 5.29. The van der Waals surface area contributed by atoms with Gasteiger partial charge in [-0.3, -0.25) is 19.8 Å². The average molecular weight is 253 g/mol. The summed E-state index contributed by atoms with van der Waals surface area (Å²) in [5, 5.41) is 14.8. The minimum atomic E-state index is -1.000. The molecule has 1 aromatic heterocycles. The second-order valence-corrected chi connectivity index (χ2v) is 3.73. The molecule has 0 aromatic carbocycles. The van der Waals surface area contributed by atoms with Crippen molar-refractivity contribution in [3.63, 3.8) is 0 Å². The topological polar surface area (TPSA) is 95.7 Å². The summed E-state index contributed by atoms with van der Waals surface area (Å²) >= 11 is 0. The van der Waals surface area contributed by atoms with Crippen molar-refractivity contribution in [2.45, 2.75) is 6.92 Å². The number of nitrogens with one attached hydrogen (secondary N) is 1. The van der Waals surface area contributed by atoms with Gasteiger partial charge in [0.2, 0.25) is 11.8 Å². The molecule has 0 fully saturated rings. The number of aryl methyl sites for hydroxylation is 1. The van der Waals surface area contributed by atoms with Crippen LogP contribution >= 0.6 is 0 Å². The highest BCUT2D eigenvalue weighted by Crippen LogP contribution is 2.07. The molecule has 18 heavy (non-hydrogen) atoms. The van der Waals surface area contributed by atoms with Gasteiger partial charge in [-0.15, -0.1) is 6.58 Å². The molecule has 0 unspecified atom stereocenters. The number of carbonyl (C=O) groups is 2. The van der Waals surface area contributed by atoms with Crippen LogP contribution in [0.2, 0.25) is 0 Å². The van der Waals surface area contributed by atoms with Crippen LogP contribution in [-0.2, 0) is 9.59 Å². The van der Waals surface area contributed by atoms with E-state index in [4.69, 9.17) is 9.63 Å². The molecule has 0 spiro atoms. The Morgan fingerprint density at radius 3 is 2.83 bits per heavy atom. The van der Waals surface area contributed by atoms with Crippen LogP contribution in [0.3, 0.4) is 0 Å². The van der Waals surface area contributed by atoms with Gasteiger partial charge in [0.1, 0.15) is 0 Å². The number of carbonyl (C=O) groups excluding carboxylic acids is 1. The van der Waals surface area contributed by atoms with Crippen LogP contribution in [0.4, 0.5) is 5.88 Å². The molecule has 0 radical (unpaired) electrons. The van der Waals surface area contributed by atoms with E-state index in [0.717, 1.165) is 0 Å². The van der Waals surface area contributed by atoms with Gasteiger partial charge in [0.05, 0.1) is 18.8 Å². The maximum Gasteiger partial charge on any atom is 0.317 e. The summed E-state index contributed by atoms with van der Waals surface area (Å²) in [6, 6.07) is 1.58. The zero-order chi connectivity index (χ0) is 13.5. The molecular weight excluding hydrogens is 238 g/mol. The Morgan fingerprint density at radius 1 is 1.61 bits per heavy atom. The summed E-state index contributed by atoms with van der Waals surface area (Å²) in [5.41, 5.74) is 0.652. The lowest BCUT2D eigenvalue weighted by atomic mass is 10.4. The summed E-state index contributed by atoms with van der Waals surface area (Å²) in [4.78, 5) is 23.7. The van der Waals surface area contributed by atoms with Crippen molar-refractivity contribution >= 4 is 17.8 Å². The number of amides is 1. The zero-order valence-electron chi connectivity index (χ0n) is 10.0. The summed E-state index contributed by atoms with van der Waals surface area (Å²) in [6.07, 6.45) is 1.54. The van der Waals surface area contributed by atoms with Crippen molar-refractivity contribution in [2.24, 2.45) is 0 Å². The fraction of sp³-hybridized carbons (Fsp3) is 0.364. The molecule has 98 valence electrons. The SMILES string of the molecule is C=CCN(CC(=O)O)CC(=O)Nc1cc(C)no1. The molecule has 1 rings (SSSR count). The molecule has 0 aliphatic heterocycles. The van der Waals surface area contributed by atoms with E-state index in [1.165, 1.54) is 11.0 Å². The van der Waals surface area contributed by atoms with Crippen molar-refractivity contribution in [3.05, 3.63) is 24.4 Å². The third kappa shape index (κ3) is 4.79. The Morgan fingerprint density at radius 2 is 2.33 bits per heavy atom. The Hall–Kier alpha value is -2.15. The monoisotopic (exact) mass is 253 g/mol. The highest BCUT2D eigenvalue weighted by atomic mass is 16.5. The Balaban J connectivity index is 2.50. The number of carboxylic acids is 1. The third-order valence-corrected chi connectivity index (χ3v) is 2.00. The number of aromatic nitrogens is 1. The van der Waals surface area contributed by atoms with Gasteiger partial charge >= 0.3 is 5.97 Å². The molecular formula is C11H15N3O4. The highest BCUT2D eigenvalue weighted by Gasteiger charge is 2.14.